The Labute approximate surface area is 143 Å². The van der Waals surface area contributed by atoms with Gasteiger partial charge in [0.2, 0.25) is 10.0 Å². The van der Waals surface area contributed by atoms with E-state index in [1.807, 2.05) is 43.3 Å². The van der Waals surface area contributed by atoms with Crippen molar-refractivity contribution in [1.29, 1.82) is 0 Å². The number of nitrogens with zero attached hydrogens (tertiary/aromatic N) is 1. The molecule has 1 aliphatic rings. The molecule has 126 valence electrons. The van der Waals surface area contributed by atoms with Crippen LogP contribution in [0.1, 0.15) is 11.1 Å². The van der Waals surface area contributed by atoms with E-state index in [0.717, 1.165) is 16.7 Å². The van der Waals surface area contributed by atoms with Gasteiger partial charge in [0, 0.05) is 19.0 Å². The molecule has 1 atom stereocenters. The molecule has 0 amide bonds. The van der Waals surface area contributed by atoms with Gasteiger partial charge in [-0.05, 0) is 30.2 Å². The number of aliphatic hydroxyl groups excluding tert-OH is 1. The maximum atomic E-state index is 12.8. The Morgan fingerprint density at radius 3 is 2.42 bits per heavy atom. The van der Waals surface area contributed by atoms with Gasteiger partial charge in [-0.1, -0.05) is 54.1 Å². The largest absolute Gasteiger partial charge is 0.396 e. The number of aryl methyl sites for hydroxylation is 1. The van der Waals surface area contributed by atoms with E-state index in [0.29, 0.717) is 18.0 Å². The van der Waals surface area contributed by atoms with Crippen LogP contribution in [-0.2, 0) is 10.0 Å². The molecule has 0 saturated carbocycles. The topological polar surface area (TPSA) is 57.6 Å². The van der Waals surface area contributed by atoms with Crippen LogP contribution in [0.4, 0.5) is 0 Å². The summed E-state index contributed by atoms with van der Waals surface area (Å²) in [5, 5.41) is 9.64. The summed E-state index contributed by atoms with van der Waals surface area (Å²) in [7, 11) is -3.54. The van der Waals surface area contributed by atoms with E-state index in [-0.39, 0.29) is 12.5 Å². The highest BCUT2D eigenvalue weighted by atomic mass is 32.2. The molecule has 0 spiro atoms. The van der Waals surface area contributed by atoms with Crippen LogP contribution in [0.2, 0.25) is 0 Å². The molecular formula is C19H21NO3S. The first-order chi connectivity index (χ1) is 11.5. The number of benzene rings is 2. The summed E-state index contributed by atoms with van der Waals surface area (Å²) in [6.07, 6.45) is 1.98. The van der Waals surface area contributed by atoms with Crippen LogP contribution in [-0.4, -0.2) is 37.5 Å². The van der Waals surface area contributed by atoms with Crippen molar-refractivity contribution < 1.29 is 13.5 Å². The summed E-state index contributed by atoms with van der Waals surface area (Å²) in [5.74, 6) is -0.162. The minimum atomic E-state index is -3.54. The summed E-state index contributed by atoms with van der Waals surface area (Å²) in [5.41, 5.74) is 2.98. The van der Waals surface area contributed by atoms with Gasteiger partial charge < -0.3 is 5.11 Å². The van der Waals surface area contributed by atoms with E-state index in [1.165, 1.54) is 4.31 Å². The van der Waals surface area contributed by atoms with Gasteiger partial charge in [0.1, 0.15) is 0 Å². The monoisotopic (exact) mass is 343 g/mol. The second-order valence-electron chi connectivity index (χ2n) is 6.12. The molecule has 0 aliphatic carbocycles. The Balaban J connectivity index is 1.88. The molecule has 0 bridgehead atoms. The molecule has 1 unspecified atom stereocenters. The van der Waals surface area contributed by atoms with Crippen LogP contribution in [0.15, 0.2) is 65.1 Å². The third kappa shape index (κ3) is 3.43. The van der Waals surface area contributed by atoms with Gasteiger partial charge in [-0.2, -0.15) is 4.31 Å². The molecule has 1 fully saturated rings. The smallest absolute Gasteiger partial charge is 0.243 e. The van der Waals surface area contributed by atoms with Crippen molar-refractivity contribution in [2.24, 2.45) is 5.92 Å². The molecule has 4 nitrogen and oxygen atoms in total. The highest BCUT2D eigenvalue weighted by Crippen LogP contribution is 2.29. The van der Waals surface area contributed by atoms with Crippen molar-refractivity contribution in [2.45, 2.75) is 11.8 Å². The third-order valence-electron chi connectivity index (χ3n) is 4.34. The first kappa shape index (κ1) is 16.9. The lowest BCUT2D eigenvalue weighted by molar-refractivity contribution is 0.248. The summed E-state index contributed by atoms with van der Waals surface area (Å²) in [6, 6.07) is 16.6. The molecule has 2 aromatic rings. The standard InChI is InChI=1S/C19H21NO3S/c1-15-7-9-19(10-8-15)24(22,23)20-12-17(18(13-20)14-21)11-16-5-3-2-4-6-16/h2-11,18,21H,12-14H2,1H3/b17-11-. The lowest BCUT2D eigenvalue weighted by atomic mass is 10.0. The Hall–Kier alpha value is -1.95. The summed E-state index contributed by atoms with van der Waals surface area (Å²) in [4.78, 5) is 0.297. The quantitative estimate of drug-likeness (QED) is 0.929. The Morgan fingerprint density at radius 1 is 1.12 bits per heavy atom. The van der Waals surface area contributed by atoms with Crippen molar-refractivity contribution in [2.75, 3.05) is 19.7 Å². The molecule has 1 saturated heterocycles. The first-order valence-corrected chi connectivity index (χ1v) is 9.38. The van der Waals surface area contributed by atoms with Crippen LogP contribution in [0.3, 0.4) is 0 Å². The Bertz CT molecular complexity index is 827. The molecule has 1 aliphatic heterocycles. The predicted octanol–water partition coefficient (Wildman–Crippen LogP) is 2.69. The Kier molecular flexibility index (Phi) is 4.85. The normalized spacial score (nSPS) is 20.6. The van der Waals surface area contributed by atoms with Gasteiger partial charge in [-0.3, -0.25) is 0 Å². The van der Waals surface area contributed by atoms with Crippen LogP contribution in [0.25, 0.3) is 6.08 Å². The zero-order valence-electron chi connectivity index (χ0n) is 13.6. The number of hydrogen-bond acceptors (Lipinski definition) is 3. The van der Waals surface area contributed by atoms with Crippen molar-refractivity contribution in [3.8, 4) is 0 Å². The molecule has 2 aromatic carbocycles. The number of hydrogen-bond donors (Lipinski definition) is 1. The van der Waals surface area contributed by atoms with Crippen LogP contribution >= 0.6 is 0 Å². The molecule has 0 aromatic heterocycles. The van der Waals surface area contributed by atoms with E-state index >= 15 is 0 Å². The van der Waals surface area contributed by atoms with Gasteiger partial charge in [0.05, 0.1) is 11.5 Å². The second kappa shape index (κ2) is 6.89. The van der Waals surface area contributed by atoms with Gasteiger partial charge in [0.15, 0.2) is 0 Å². The first-order valence-electron chi connectivity index (χ1n) is 7.94. The molecule has 5 heteroatoms. The minimum absolute atomic E-state index is 0.0570. The Morgan fingerprint density at radius 2 is 1.79 bits per heavy atom. The molecule has 1 heterocycles. The SMILES string of the molecule is Cc1ccc(S(=O)(=O)N2C/C(=C/c3ccccc3)C(CO)C2)cc1. The average molecular weight is 343 g/mol. The van der Waals surface area contributed by atoms with E-state index in [4.69, 9.17) is 0 Å². The van der Waals surface area contributed by atoms with Crippen molar-refractivity contribution in [1.82, 2.24) is 4.31 Å². The maximum Gasteiger partial charge on any atom is 0.243 e. The van der Waals surface area contributed by atoms with E-state index in [2.05, 4.69) is 0 Å². The molecule has 0 radical (unpaired) electrons. The van der Waals surface area contributed by atoms with E-state index in [9.17, 15) is 13.5 Å². The van der Waals surface area contributed by atoms with Gasteiger partial charge in [0.25, 0.3) is 0 Å². The molecule has 3 rings (SSSR count). The van der Waals surface area contributed by atoms with E-state index < -0.39 is 10.0 Å². The zero-order chi connectivity index (χ0) is 17.2. The molecular weight excluding hydrogens is 322 g/mol. The predicted molar refractivity (Wildman–Crippen MR) is 94.9 cm³/mol. The average Bonchev–Trinajstić information content (AvgIpc) is 3.00. The highest BCUT2D eigenvalue weighted by molar-refractivity contribution is 7.89. The lowest BCUT2D eigenvalue weighted by Gasteiger charge is -2.15. The van der Waals surface area contributed by atoms with Crippen molar-refractivity contribution in [3.63, 3.8) is 0 Å². The van der Waals surface area contributed by atoms with Gasteiger partial charge >= 0.3 is 0 Å². The van der Waals surface area contributed by atoms with E-state index in [1.54, 1.807) is 24.3 Å². The molecule has 1 N–H and O–H groups in total. The second-order valence-corrected chi connectivity index (χ2v) is 8.06. The summed E-state index contributed by atoms with van der Waals surface area (Å²) >= 11 is 0. The fourth-order valence-electron chi connectivity index (χ4n) is 2.90. The number of sulfonamides is 1. The van der Waals surface area contributed by atoms with Crippen molar-refractivity contribution >= 4 is 16.1 Å². The van der Waals surface area contributed by atoms with Crippen LogP contribution in [0, 0.1) is 12.8 Å². The fourth-order valence-corrected chi connectivity index (χ4v) is 4.38. The maximum absolute atomic E-state index is 12.8. The lowest BCUT2D eigenvalue weighted by Crippen LogP contribution is -2.29. The number of aliphatic hydroxyl groups is 1. The molecule has 24 heavy (non-hydrogen) atoms. The van der Waals surface area contributed by atoms with Crippen LogP contribution in [0.5, 0.6) is 0 Å². The van der Waals surface area contributed by atoms with Crippen molar-refractivity contribution in [3.05, 3.63) is 71.3 Å². The fraction of sp³-hybridized carbons (Fsp3) is 0.263. The highest BCUT2D eigenvalue weighted by Gasteiger charge is 2.35. The summed E-state index contributed by atoms with van der Waals surface area (Å²) in [6.45, 7) is 2.50. The minimum Gasteiger partial charge on any atom is -0.396 e. The zero-order valence-corrected chi connectivity index (χ0v) is 14.4. The van der Waals surface area contributed by atoms with Gasteiger partial charge in [-0.15, -0.1) is 0 Å². The van der Waals surface area contributed by atoms with Crippen LogP contribution < -0.4 is 0 Å². The third-order valence-corrected chi connectivity index (χ3v) is 6.16. The summed E-state index contributed by atoms with van der Waals surface area (Å²) < 4.78 is 27.1. The number of rotatable bonds is 4. The van der Waals surface area contributed by atoms with Gasteiger partial charge in [-0.25, -0.2) is 8.42 Å².